The summed E-state index contributed by atoms with van der Waals surface area (Å²) in [5, 5.41) is 2.55. The lowest BCUT2D eigenvalue weighted by Gasteiger charge is -2.25. The quantitative estimate of drug-likeness (QED) is 0.648. The summed E-state index contributed by atoms with van der Waals surface area (Å²) in [5.74, 6) is 0.0407. The van der Waals surface area contributed by atoms with Gasteiger partial charge in [-0.25, -0.2) is 4.79 Å². The number of esters is 1. The molecule has 0 aliphatic carbocycles. The van der Waals surface area contributed by atoms with Crippen molar-refractivity contribution in [2.45, 2.75) is 19.1 Å². The van der Waals surface area contributed by atoms with Crippen molar-refractivity contribution in [3.63, 3.8) is 0 Å². The van der Waals surface area contributed by atoms with Crippen LogP contribution in [0.3, 0.4) is 0 Å². The van der Waals surface area contributed by atoms with Crippen molar-refractivity contribution in [1.29, 1.82) is 0 Å². The van der Waals surface area contributed by atoms with E-state index in [0.29, 0.717) is 18.0 Å². The number of para-hydroxylation sites is 2. The molecular formula is C15H17NO5. The molecule has 2 atom stereocenters. The Morgan fingerprint density at radius 1 is 1.48 bits per heavy atom. The van der Waals surface area contributed by atoms with Crippen molar-refractivity contribution in [3.8, 4) is 11.5 Å². The molecule has 1 aromatic carbocycles. The first kappa shape index (κ1) is 14.9. The number of rotatable bonds is 5. The average molecular weight is 291 g/mol. The summed E-state index contributed by atoms with van der Waals surface area (Å²) in [4.78, 5) is 23.6. The second-order valence-electron chi connectivity index (χ2n) is 4.48. The van der Waals surface area contributed by atoms with Gasteiger partial charge in [0.2, 0.25) is 6.10 Å². The second kappa shape index (κ2) is 6.78. The maximum absolute atomic E-state index is 12.0. The maximum Gasteiger partial charge on any atom is 0.351 e. The maximum atomic E-state index is 12.0. The van der Waals surface area contributed by atoms with Gasteiger partial charge in [0.1, 0.15) is 6.61 Å². The van der Waals surface area contributed by atoms with Crippen LogP contribution in [0.5, 0.6) is 11.5 Å². The molecule has 0 saturated heterocycles. The number of amides is 1. The van der Waals surface area contributed by atoms with Crippen molar-refractivity contribution in [3.05, 3.63) is 36.9 Å². The molecule has 1 heterocycles. The molecule has 0 bridgehead atoms. The van der Waals surface area contributed by atoms with Gasteiger partial charge in [-0.2, -0.15) is 0 Å². The Morgan fingerprint density at radius 2 is 2.19 bits per heavy atom. The molecule has 1 aromatic rings. The normalized spacial score (nSPS) is 17.5. The van der Waals surface area contributed by atoms with Crippen LogP contribution in [0.15, 0.2) is 36.9 Å². The van der Waals surface area contributed by atoms with Crippen LogP contribution in [0.4, 0.5) is 0 Å². The summed E-state index contributed by atoms with van der Waals surface area (Å²) >= 11 is 0. The summed E-state index contributed by atoms with van der Waals surface area (Å²) < 4.78 is 16.0. The Kier molecular flexibility index (Phi) is 4.81. The summed E-state index contributed by atoms with van der Waals surface area (Å²) in [6.07, 6.45) is -0.241. The zero-order chi connectivity index (χ0) is 15.2. The molecule has 2 rings (SSSR count). The van der Waals surface area contributed by atoms with Crippen LogP contribution < -0.4 is 14.8 Å². The van der Waals surface area contributed by atoms with E-state index >= 15 is 0 Å². The minimum atomic E-state index is -0.904. The zero-order valence-corrected chi connectivity index (χ0v) is 11.7. The van der Waals surface area contributed by atoms with Gasteiger partial charge < -0.3 is 19.5 Å². The van der Waals surface area contributed by atoms with E-state index < -0.39 is 18.2 Å². The zero-order valence-electron chi connectivity index (χ0n) is 11.7. The van der Waals surface area contributed by atoms with Crippen LogP contribution in [-0.2, 0) is 14.3 Å². The molecular weight excluding hydrogens is 274 g/mol. The molecule has 1 amide bonds. The van der Waals surface area contributed by atoms with E-state index in [0.717, 1.165) is 0 Å². The number of ether oxygens (including phenoxy) is 3. The third-order valence-corrected chi connectivity index (χ3v) is 2.85. The van der Waals surface area contributed by atoms with Gasteiger partial charge in [-0.15, -0.1) is 6.58 Å². The Morgan fingerprint density at radius 3 is 2.90 bits per heavy atom. The summed E-state index contributed by atoms with van der Waals surface area (Å²) in [6, 6.07) is 7.05. The van der Waals surface area contributed by atoms with E-state index in [-0.39, 0.29) is 12.5 Å². The van der Waals surface area contributed by atoms with E-state index in [1.54, 1.807) is 24.3 Å². The van der Waals surface area contributed by atoms with Crippen molar-refractivity contribution in [2.75, 3.05) is 13.2 Å². The van der Waals surface area contributed by atoms with E-state index in [1.807, 2.05) is 6.07 Å². The van der Waals surface area contributed by atoms with E-state index in [9.17, 15) is 9.59 Å². The number of carbonyl (C=O) groups is 2. The first-order chi connectivity index (χ1) is 10.1. The molecule has 0 unspecified atom stereocenters. The SMILES string of the molecule is C=CCNC(=O)[C@H](C)OC(=O)[C@@H]1COc2ccccc2O1. The van der Waals surface area contributed by atoms with Crippen LogP contribution >= 0.6 is 0 Å². The number of carbonyl (C=O) groups excluding carboxylic acids is 2. The third-order valence-electron chi connectivity index (χ3n) is 2.85. The number of nitrogens with one attached hydrogen (secondary N) is 1. The molecule has 0 aromatic heterocycles. The lowest BCUT2D eigenvalue weighted by atomic mass is 10.2. The Balaban J connectivity index is 1.90. The fourth-order valence-corrected chi connectivity index (χ4v) is 1.76. The van der Waals surface area contributed by atoms with Gasteiger partial charge >= 0.3 is 5.97 Å². The highest BCUT2D eigenvalue weighted by atomic mass is 16.6. The number of hydrogen-bond acceptors (Lipinski definition) is 5. The van der Waals surface area contributed by atoms with Crippen LogP contribution in [0.25, 0.3) is 0 Å². The Hall–Kier alpha value is -2.50. The van der Waals surface area contributed by atoms with Gasteiger partial charge in [-0.3, -0.25) is 4.79 Å². The fourth-order valence-electron chi connectivity index (χ4n) is 1.76. The molecule has 6 heteroatoms. The second-order valence-corrected chi connectivity index (χ2v) is 4.48. The molecule has 112 valence electrons. The van der Waals surface area contributed by atoms with Gasteiger partial charge in [-0.05, 0) is 19.1 Å². The van der Waals surface area contributed by atoms with E-state index in [1.165, 1.54) is 6.92 Å². The minimum absolute atomic E-state index is 0.0524. The summed E-state index contributed by atoms with van der Waals surface area (Å²) in [7, 11) is 0. The number of benzene rings is 1. The molecule has 6 nitrogen and oxygen atoms in total. The van der Waals surface area contributed by atoms with Crippen molar-refractivity contribution < 1.29 is 23.8 Å². The lowest BCUT2D eigenvalue weighted by Crippen LogP contribution is -2.42. The third kappa shape index (κ3) is 3.75. The highest BCUT2D eigenvalue weighted by Crippen LogP contribution is 2.31. The topological polar surface area (TPSA) is 73.9 Å². The predicted octanol–water partition coefficient (Wildman–Crippen LogP) is 1.06. The van der Waals surface area contributed by atoms with Gasteiger partial charge in [0.15, 0.2) is 17.6 Å². The van der Waals surface area contributed by atoms with Crippen molar-refractivity contribution in [2.24, 2.45) is 0 Å². The number of hydrogen-bond donors (Lipinski definition) is 1. The fraction of sp³-hybridized carbons (Fsp3) is 0.333. The predicted molar refractivity (Wildman–Crippen MR) is 75.1 cm³/mol. The monoisotopic (exact) mass is 291 g/mol. The molecule has 21 heavy (non-hydrogen) atoms. The van der Waals surface area contributed by atoms with Crippen LogP contribution in [0.2, 0.25) is 0 Å². The van der Waals surface area contributed by atoms with Crippen LogP contribution in [-0.4, -0.2) is 37.2 Å². The smallest absolute Gasteiger partial charge is 0.351 e. The van der Waals surface area contributed by atoms with E-state index in [4.69, 9.17) is 14.2 Å². The molecule has 0 saturated carbocycles. The molecule has 0 fully saturated rings. The summed E-state index contributed by atoms with van der Waals surface area (Å²) in [5.41, 5.74) is 0. The Labute approximate surface area is 122 Å². The standard InChI is InChI=1S/C15H17NO5/c1-3-8-16-14(17)10(2)20-15(18)13-9-19-11-6-4-5-7-12(11)21-13/h3-7,10,13H,1,8-9H2,2H3,(H,16,17)/t10-,13-/m0/s1. The first-order valence-corrected chi connectivity index (χ1v) is 6.59. The van der Waals surface area contributed by atoms with Gasteiger partial charge in [0.25, 0.3) is 5.91 Å². The molecule has 0 radical (unpaired) electrons. The van der Waals surface area contributed by atoms with E-state index in [2.05, 4.69) is 11.9 Å². The van der Waals surface area contributed by atoms with Gasteiger partial charge in [-0.1, -0.05) is 18.2 Å². The van der Waals surface area contributed by atoms with Crippen molar-refractivity contribution in [1.82, 2.24) is 5.32 Å². The molecule has 1 aliphatic heterocycles. The molecule has 1 N–H and O–H groups in total. The lowest BCUT2D eigenvalue weighted by molar-refractivity contribution is -0.163. The largest absolute Gasteiger partial charge is 0.485 e. The summed E-state index contributed by atoms with van der Waals surface area (Å²) in [6.45, 7) is 5.35. The average Bonchev–Trinajstić information content (AvgIpc) is 2.51. The van der Waals surface area contributed by atoms with Gasteiger partial charge in [0.05, 0.1) is 0 Å². The van der Waals surface area contributed by atoms with Crippen LogP contribution in [0, 0.1) is 0 Å². The van der Waals surface area contributed by atoms with Crippen LogP contribution in [0.1, 0.15) is 6.92 Å². The Bertz CT molecular complexity index is 543. The number of fused-ring (bicyclic) bond motifs is 1. The van der Waals surface area contributed by atoms with Crippen molar-refractivity contribution >= 4 is 11.9 Å². The molecule has 0 spiro atoms. The van der Waals surface area contributed by atoms with Gasteiger partial charge in [0, 0.05) is 6.54 Å². The first-order valence-electron chi connectivity index (χ1n) is 6.59. The highest BCUT2D eigenvalue weighted by Gasteiger charge is 2.31. The highest BCUT2D eigenvalue weighted by molar-refractivity contribution is 5.84. The minimum Gasteiger partial charge on any atom is -0.485 e. The molecule has 1 aliphatic rings.